The highest BCUT2D eigenvalue weighted by atomic mass is 16.3. The van der Waals surface area contributed by atoms with Gasteiger partial charge in [0.1, 0.15) is 22.7 Å². The van der Waals surface area contributed by atoms with Crippen LogP contribution < -0.4 is 0 Å². The Bertz CT molecular complexity index is 1100. The van der Waals surface area contributed by atoms with Crippen LogP contribution in [0.4, 0.5) is 0 Å². The van der Waals surface area contributed by atoms with Crippen LogP contribution in [0.3, 0.4) is 0 Å². The molecule has 0 spiro atoms. The number of furan rings is 2. The molecule has 4 aromatic rings. The lowest BCUT2D eigenvalue weighted by Crippen LogP contribution is -2.56. The first-order chi connectivity index (χ1) is 15.7. The van der Waals surface area contributed by atoms with Crippen molar-refractivity contribution in [2.75, 3.05) is 19.6 Å². The molecule has 1 unspecified atom stereocenters. The van der Waals surface area contributed by atoms with Crippen LogP contribution in [0.5, 0.6) is 0 Å². The lowest BCUT2D eigenvalue weighted by molar-refractivity contribution is -0.00149. The maximum absolute atomic E-state index is 6.18. The van der Waals surface area contributed by atoms with E-state index in [4.69, 9.17) is 8.83 Å². The third-order valence-electron chi connectivity index (χ3n) is 7.41. The highest BCUT2D eigenvalue weighted by Gasteiger charge is 2.39. The summed E-state index contributed by atoms with van der Waals surface area (Å²) in [7, 11) is 0. The van der Waals surface area contributed by atoms with Gasteiger partial charge in [-0.3, -0.25) is 9.80 Å². The number of piperidine rings is 3. The monoisotopic (exact) mass is 426 g/mol. The van der Waals surface area contributed by atoms with E-state index in [0.29, 0.717) is 12.0 Å². The van der Waals surface area contributed by atoms with E-state index in [2.05, 4.69) is 58.9 Å². The van der Waals surface area contributed by atoms with Gasteiger partial charge in [-0.1, -0.05) is 42.5 Å². The fraction of sp³-hybridized carbons (Fsp3) is 0.357. The van der Waals surface area contributed by atoms with Crippen molar-refractivity contribution < 1.29 is 8.83 Å². The molecule has 0 aliphatic carbocycles. The molecule has 0 N–H and O–H groups in total. The van der Waals surface area contributed by atoms with Gasteiger partial charge >= 0.3 is 0 Å². The third kappa shape index (κ3) is 3.78. The Morgan fingerprint density at radius 2 is 1.56 bits per heavy atom. The molecule has 4 heteroatoms. The Hall–Kier alpha value is -2.82. The van der Waals surface area contributed by atoms with E-state index in [-0.39, 0.29) is 0 Å². The minimum Gasteiger partial charge on any atom is -0.460 e. The number of nitrogens with zero attached hydrogens (tertiary/aromatic N) is 2. The molecule has 0 amide bonds. The molecular weight excluding hydrogens is 396 g/mol. The van der Waals surface area contributed by atoms with Crippen LogP contribution in [0.15, 0.2) is 82.2 Å². The molecule has 5 heterocycles. The van der Waals surface area contributed by atoms with Crippen LogP contribution in [-0.2, 0) is 13.1 Å². The van der Waals surface area contributed by atoms with Gasteiger partial charge in [-0.05, 0) is 55.5 Å². The zero-order chi connectivity index (χ0) is 21.5. The van der Waals surface area contributed by atoms with E-state index in [1.54, 1.807) is 0 Å². The van der Waals surface area contributed by atoms with Gasteiger partial charge in [-0.25, -0.2) is 0 Å². The number of hydrogen-bond acceptors (Lipinski definition) is 4. The lowest BCUT2D eigenvalue weighted by atomic mass is 9.75. The van der Waals surface area contributed by atoms with Crippen molar-refractivity contribution in [1.82, 2.24) is 9.80 Å². The second kappa shape index (κ2) is 8.27. The summed E-state index contributed by atoms with van der Waals surface area (Å²) in [4.78, 5) is 5.18. The van der Waals surface area contributed by atoms with Crippen molar-refractivity contribution in [2.24, 2.45) is 11.8 Å². The first-order valence-electron chi connectivity index (χ1n) is 11.8. The highest BCUT2D eigenvalue weighted by molar-refractivity contribution is 5.78. The fourth-order valence-electron chi connectivity index (χ4n) is 5.79. The smallest absolute Gasteiger partial charge is 0.134 e. The molecule has 2 aromatic carbocycles. The molecule has 4 nitrogen and oxygen atoms in total. The average Bonchev–Trinajstić information content (AvgIpc) is 3.42. The zero-order valence-electron chi connectivity index (χ0n) is 18.5. The maximum Gasteiger partial charge on any atom is 0.134 e. The van der Waals surface area contributed by atoms with Gasteiger partial charge in [0.15, 0.2) is 0 Å². The van der Waals surface area contributed by atoms with Gasteiger partial charge < -0.3 is 8.83 Å². The number of para-hydroxylation sites is 2. The lowest BCUT2D eigenvalue weighted by Gasteiger charge is -2.50. The Labute approximate surface area is 189 Å². The van der Waals surface area contributed by atoms with E-state index in [9.17, 15) is 0 Å². The number of hydrogen-bond donors (Lipinski definition) is 0. The summed E-state index contributed by atoms with van der Waals surface area (Å²) in [5, 5.41) is 2.33. The van der Waals surface area contributed by atoms with Crippen molar-refractivity contribution in [1.29, 1.82) is 0 Å². The van der Waals surface area contributed by atoms with Gasteiger partial charge in [-0.2, -0.15) is 0 Å². The molecule has 7 rings (SSSR count). The van der Waals surface area contributed by atoms with Gasteiger partial charge in [0.05, 0.1) is 13.1 Å². The number of rotatable bonds is 7. The molecule has 2 aromatic heterocycles. The molecule has 0 saturated carbocycles. The van der Waals surface area contributed by atoms with Crippen molar-refractivity contribution >= 4 is 21.9 Å². The molecule has 164 valence electrons. The topological polar surface area (TPSA) is 32.8 Å². The first-order valence-corrected chi connectivity index (χ1v) is 11.8. The first kappa shape index (κ1) is 19.8. The van der Waals surface area contributed by atoms with Crippen LogP contribution in [0, 0.1) is 11.8 Å². The van der Waals surface area contributed by atoms with E-state index in [1.165, 1.54) is 30.2 Å². The summed E-state index contributed by atoms with van der Waals surface area (Å²) in [6, 6.07) is 21.5. The molecule has 3 saturated heterocycles. The van der Waals surface area contributed by atoms with Crippen LogP contribution in [0.25, 0.3) is 21.9 Å². The molecule has 3 aliphatic heterocycles. The molecular formula is C28H30N2O2. The summed E-state index contributed by atoms with van der Waals surface area (Å²) in [6.45, 7) is 9.04. The van der Waals surface area contributed by atoms with Gasteiger partial charge in [0, 0.05) is 29.9 Å². The van der Waals surface area contributed by atoms with Crippen LogP contribution in [0.1, 0.15) is 24.4 Å². The predicted molar refractivity (Wildman–Crippen MR) is 128 cm³/mol. The Kier molecular flexibility index (Phi) is 5.12. The summed E-state index contributed by atoms with van der Waals surface area (Å²) in [5.41, 5.74) is 1.92. The second-order valence-corrected chi connectivity index (χ2v) is 9.50. The Morgan fingerprint density at radius 1 is 0.938 bits per heavy atom. The largest absolute Gasteiger partial charge is 0.460 e. The maximum atomic E-state index is 6.18. The quantitative estimate of drug-likeness (QED) is 0.335. The van der Waals surface area contributed by atoms with Crippen LogP contribution >= 0.6 is 0 Å². The molecule has 3 aliphatic rings. The fourth-order valence-corrected chi connectivity index (χ4v) is 5.79. The van der Waals surface area contributed by atoms with E-state index < -0.39 is 0 Å². The van der Waals surface area contributed by atoms with Crippen molar-refractivity contribution in [3.63, 3.8) is 0 Å². The Morgan fingerprint density at radius 3 is 2.09 bits per heavy atom. The van der Waals surface area contributed by atoms with Crippen molar-refractivity contribution in [2.45, 2.75) is 32.0 Å². The van der Waals surface area contributed by atoms with Crippen molar-refractivity contribution in [3.05, 3.63) is 84.8 Å². The SMILES string of the molecule is C=C[C@@H]1CN2CC[C@H]1C[C@@H]2CN(Cc1cc2ccccc2o1)Cc1cc2ccccc2o1. The molecule has 0 radical (unpaired) electrons. The summed E-state index contributed by atoms with van der Waals surface area (Å²) in [5.74, 6) is 3.46. The normalized spacial score (nSPS) is 25.2. The predicted octanol–water partition coefficient (Wildman–Crippen LogP) is 6.08. The van der Waals surface area contributed by atoms with Gasteiger partial charge in [0.25, 0.3) is 0 Å². The van der Waals surface area contributed by atoms with E-state index >= 15 is 0 Å². The minimum absolute atomic E-state index is 0.582. The zero-order valence-corrected chi connectivity index (χ0v) is 18.5. The van der Waals surface area contributed by atoms with Crippen LogP contribution in [0.2, 0.25) is 0 Å². The van der Waals surface area contributed by atoms with Gasteiger partial charge in [0.2, 0.25) is 0 Å². The van der Waals surface area contributed by atoms with E-state index in [1.807, 2.05) is 24.3 Å². The summed E-state index contributed by atoms with van der Waals surface area (Å²) >= 11 is 0. The minimum atomic E-state index is 0.582. The summed E-state index contributed by atoms with van der Waals surface area (Å²) in [6.07, 6.45) is 4.74. The third-order valence-corrected chi connectivity index (χ3v) is 7.41. The standard InChI is InChI=1S/C28H30N2O2/c1-2-20-16-30-12-11-21(20)13-24(30)17-29(18-25-14-22-7-3-5-9-27(22)31-25)19-26-15-23-8-4-6-10-28(23)32-26/h2-10,14-15,20-21,24H,1,11-13,16-19H2/t20-,21+,24-/m1/s1. The highest BCUT2D eigenvalue weighted by Crippen LogP contribution is 2.37. The second-order valence-electron chi connectivity index (χ2n) is 9.50. The average molecular weight is 427 g/mol. The van der Waals surface area contributed by atoms with Gasteiger partial charge in [-0.15, -0.1) is 6.58 Å². The van der Waals surface area contributed by atoms with Crippen LogP contribution in [-0.4, -0.2) is 35.5 Å². The number of benzene rings is 2. The van der Waals surface area contributed by atoms with Crippen molar-refractivity contribution in [3.8, 4) is 0 Å². The Balaban J connectivity index is 1.25. The number of fused-ring (bicyclic) bond motifs is 5. The molecule has 4 atom stereocenters. The molecule has 32 heavy (non-hydrogen) atoms. The summed E-state index contributed by atoms with van der Waals surface area (Å²) < 4.78 is 12.4. The molecule has 2 bridgehead atoms. The van der Waals surface area contributed by atoms with E-state index in [0.717, 1.165) is 54.8 Å². The molecule has 3 fully saturated rings.